The van der Waals surface area contributed by atoms with Crippen molar-refractivity contribution in [2.24, 2.45) is 0 Å². The zero-order valence-corrected chi connectivity index (χ0v) is 6.86. The summed E-state index contributed by atoms with van der Waals surface area (Å²) in [6.45, 7) is -0.652. The molecule has 0 bridgehead atoms. The van der Waals surface area contributed by atoms with Crippen molar-refractivity contribution in [1.29, 1.82) is 0 Å². The molecular weight excluding hydrogens is 194 g/mol. The van der Waals surface area contributed by atoms with Crippen LogP contribution >= 0.6 is 0 Å². The van der Waals surface area contributed by atoms with Gasteiger partial charge in [-0.3, -0.25) is 9.63 Å². The summed E-state index contributed by atoms with van der Waals surface area (Å²) in [5.74, 6) is -1.95. The molecule has 0 fully saturated rings. The van der Waals surface area contributed by atoms with Gasteiger partial charge in [0.25, 0.3) is 5.91 Å². The van der Waals surface area contributed by atoms with E-state index in [1.807, 2.05) is 5.48 Å². The maximum Gasteiger partial charge on any atom is 0.332 e. The van der Waals surface area contributed by atoms with Gasteiger partial charge in [0.1, 0.15) is 5.69 Å². The van der Waals surface area contributed by atoms with Crippen molar-refractivity contribution < 1.29 is 19.5 Å². The molecule has 1 heterocycles. The zero-order valence-electron chi connectivity index (χ0n) is 6.86. The second kappa shape index (κ2) is 4.23. The fourth-order valence-electron chi connectivity index (χ4n) is 0.673. The maximum absolute atomic E-state index is 11.0. The van der Waals surface area contributed by atoms with Crippen LogP contribution in [0.3, 0.4) is 0 Å². The smallest absolute Gasteiger partial charge is 0.332 e. The highest BCUT2D eigenvalue weighted by atomic mass is 16.7. The van der Waals surface area contributed by atoms with E-state index in [0.717, 1.165) is 6.20 Å². The van der Waals surface area contributed by atoms with Crippen LogP contribution in [0.2, 0.25) is 0 Å². The molecule has 0 aliphatic heterocycles. The summed E-state index contributed by atoms with van der Waals surface area (Å²) in [6.07, 6.45) is 1.14. The maximum atomic E-state index is 11.0. The number of aromatic amines is 2. The predicted octanol–water partition coefficient (Wildman–Crippen LogP) is -1.55. The van der Waals surface area contributed by atoms with Crippen molar-refractivity contribution in [3.63, 3.8) is 0 Å². The second-order valence-electron chi connectivity index (χ2n) is 2.27. The number of imidazole rings is 1. The van der Waals surface area contributed by atoms with Gasteiger partial charge in [-0.05, 0) is 0 Å². The number of amides is 1. The van der Waals surface area contributed by atoms with Gasteiger partial charge in [0.15, 0.2) is 6.61 Å². The molecule has 14 heavy (non-hydrogen) atoms. The van der Waals surface area contributed by atoms with Crippen molar-refractivity contribution in [2.45, 2.75) is 0 Å². The van der Waals surface area contributed by atoms with Crippen LogP contribution in [0.4, 0.5) is 0 Å². The summed E-state index contributed by atoms with van der Waals surface area (Å²) in [5.41, 5.74) is 1.26. The number of hydroxylamine groups is 1. The number of aromatic nitrogens is 2. The Bertz CT molecular complexity index is 392. The fourth-order valence-corrected chi connectivity index (χ4v) is 0.673. The molecule has 8 nitrogen and oxygen atoms in total. The molecule has 1 aromatic rings. The Morgan fingerprint density at radius 3 is 2.79 bits per heavy atom. The van der Waals surface area contributed by atoms with E-state index < -0.39 is 24.2 Å². The second-order valence-corrected chi connectivity index (χ2v) is 2.27. The number of aliphatic carboxylic acids is 1. The van der Waals surface area contributed by atoms with Gasteiger partial charge in [-0.15, -0.1) is 0 Å². The van der Waals surface area contributed by atoms with Gasteiger partial charge in [0.05, 0.1) is 0 Å². The largest absolute Gasteiger partial charge is 0.479 e. The molecule has 1 rings (SSSR count). The molecule has 8 heteroatoms. The van der Waals surface area contributed by atoms with E-state index in [9.17, 15) is 14.4 Å². The van der Waals surface area contributed by atoms with Crippen molar-refractivity contribution in [1.82, 2.24) is 15.4 Å². The first-order valence-electron chi connectivity index (χ1n) is 3.51. The van der Waals surface area contributed by atoms with Gasteiger partial charge >= 0.3 is 11.7 Å². The minimum atomic E-state index is -1.21. The van der Waals surface area contributed by atoms with Gasteiger partial charge < -0.3 is 15.1 Å². The van der Waals surface area contributed by atoms with Gasteiger partial charge in [0, 0.05) is 6.20 Å². The zero-order chi connectivity index (χ0) is 10.6. The van der Waals surface area contributed by atoms with Crippen LogP contribution in [0.5, 0.6) is 0 Å². The highest BCUT2D eigenvalue weighted by Crippen LogP contribution is 1.86. The average molecular weight is 201 g/mol. The van der Waals surface area contributed by atoms with Gasteiger partial charge in [0.2, 0.25) is 0 Å². The van der Waals surface area contributed by atoms with E-state index in [-0.39, 0.29) is 5.69 Å². The fraction of sp³-hybridized carbons (Fsp3) is 0.167. The minimum absolute atomic E-state index is 0.0413. The molecule has 4 N–H and O–H groups in total. The number of hydrogen-bond donors (Lipinski definition) is 4. The number of nitrogens with one attached hydrogen (secondary N) is 3. The van der Waals surface area contributed by atoms with Crippen molar-refractivity contribution in [3.8, 4) is 0 Å². The number of carbonyl (C=O) groups excluding carboxylic acids is 1. The van der Waals surface area contributed by atoms with E-state index in [1.54, 1.807) is 0 Å². The van der Waals surface area contributed by atoms with E-state index in [1.165, 1.54) is 0 Å². The first kappa shape index (κ1) is 9.99. The summed E-state index contributed by atoms with van der Waals surface area (Å²) < 4.78 is 0. The van der Waals surface area contributed by atoms with Crippen molar-refractivity contribution >= 4 is 11.9 Å². The Hall–Kier alpha value is -2.09. The van der Waals surface area contributed by atoms with Gasteiger partial charge in [-0.1, -0.05) is 0 Å². The molecular formula is C6H7N3O5. The third-order valence-corrected chi connectivity index (χ3v) is 1.20. The number of carboxylic acid groups (broad SMARTS) is 1. The summed E-state index contributed by atoms with van der Waals surface area (Å²) >= 11 is 0. The van der Waals surface area contributed by atoms with Crippen LogP contribution in [-0.2, 0) is 9.63 Å². The first-order valence-corrected chi connectivity index (χ1v) is 3.51. The van der Waals surface area contributed by atoms with Crippen LogP contribution in [0.25, 0.3) is 0 Å². The lowest BCUT2D eigenvalue weighted by atomic mass is 10.5. The molecule has 0 radical (unpaired) electrons. The molecule has 0 spiro atoms. The number of carboxylic acids is 1. The van der Waals surface area contributed by atoms with E-state index in [0.29, 0.717) is 0 Å². The first-order chi connectivity index (χ1) is 6.59. The Labute approximate surface area is 76.9 Å². The van der Waals surface area contributed by atoms with Gasteiger partial charge in [-0.25, -0.2) is 15.1 Å². The molecule has 0 aliphatic rings. The number of hydrogen-bond acceptors (Lipinski definition) is 4. The predicted molar refractivity (Wildman–Crippen MR) is 42.5 cm³/mol. The van der Waals surface area contributed by atoms with Gasteiger partial charge in [-0.2, -0.15) is 0 Å². The standard InChI is InChI=1S/C6H7N3O5/c10-4(11)2-14-9-5(12)3-1-7-6(13)8-3/h1H,2H2,(H,9,12)(H,10,11)(H2,7,8,13). The molecule has 0 saturated carbocycles. The summed E-state index contributed by atoms with van der Waals surface area (Å²) in [6, 6.07) is 0. The SMILES string of the molecule is O=C(O)CONC(=O)c1c[nH]c(=O)[nH]1. The van der Waals surface area contributed by atoms with E-state index in [4.69, 9.17) is 5.11 Å². The lowest BCUT2D eigenvalue weighted by Gasteiger charge is -2.00. The van der Waals surface area contributed by atoms with Crippen LogP contribution in [0.15, 0.2) is 11.0 Å². The number of rotatable bonds is 4. The molecule has 0 unspecified atom stereocenters. The number of H-pyrrole nitrogens is 2. The average Bonchev–Trinajstić information content (AvgIpc) is 2.51. The molecule has 1 amide bonds. The minimum Gasteiger partial charge on any atom is -0.479 e. The third kappa shape index (κ3) is 2.75. The third-order valence-electron chi connectivity index (χ3n) is 1.20. The van der Waals surface area contributed by atoms with Crippen LogP contribution < -0.4 is 11.2 Å². The lowest BCUT2D eigenvalue weighted by molar-refractivity contribution is -0.144. The molecule has 0 aliphatic carbocycles. The Morgan fingerprint density at radius 1 is 1.57 bits per heavy atom. The Balaban J connectivity index is 2.43. The van der Waals surface area contributed by atoms with E-state index in [2.05, 4.69) is 14.8 Å². The summed E-state index contributed by atoms with van der Waals surface area (Å²) in [4.78, 5) is 40.2. The number of carbonyl (C=O) groups is 2. The highest BCUT2D eigenvalue weighted by molar-refractivity contribution is 5.91. The van der Waals surface area contributed by atoms with Crippen molar-refractivity contribution in [3.05, 3.63) is 22.4 Å². The molecule has 1 aromatic heterocycles. The topological polar surface area (TPSA) is 124 Å². The van der Waals surface area contributed by atoms with E-state index >= 15 is 0 Å². The molecule has 0 saturated heterocycles. The Kier molecular flexibility index (Phi) is 3.02. The molecule has 0 atom stereocenters. The summed E-state index contributed by atoms with van der Waals surface area (Å²) in [5, 5.41) is 8.16. The highest BCUT2D eigenvalue weighted by Gasteiger charge is 2.07. The van der Waals surface area contributed by atoms with Crippen molar-refractivity contribution in [2.75, 3.05) is 6.61 Å². The normalized spacial score (nSPS) is 9.71. The van der Waals surface area contributed by atoms with Crippen LogP contribution in [-0.4, -0.2) is 33.6 Å². The molecule has 76 valence electrons. The van der Waals surface area contributed by atoms with Crippen LogP contribution in [0, 0.1) is 0 Å². The van der Waals surface area contributed by atoms with Crippen LogP contribution in [0.1, 0.15) is 10.5 Å². The monoisotopic (exact) mass is 201 g/mol. The quantitative estimate of drug-likeness (QED) is 0.439. The lowest BCUT2D eigenvalue weighted by Crippen LogP contribution is -2.27. The summed E-state index contributed by atoms with van der Waals surface area (Å²) in [7, 11) is 0. The molecule has 0 aromatic carbocycles. The Morgan fingerprint density at radius 2 is 2.29 bits per heavy atom.